The van der Waals surface area contributed by atoms with Crippen molar-refractivity contribution in [1.82, 2.24) is 14.8 Å². The first kappa shape index (κ1) is 15.5. The molecule has 0 spiro atoms. The van der Waals surface area contributed by atoms with Gasteiger partial charge in [-0.1, -0.05) is 22.9 Å². The minimum atomic E-state index is -4.37. The minimum Gasteiger partial charge on any atom is -0.320 e. The zero-order chi connectivity index (χ0) is 16.1. The average Bonchev–Trinajstić information content (AvgIpc) is 2.79. The molecule has 0 aliphatic heterocycles. The largest absolute Gasteiger partial charge is 0.416 e. The van der Waals surface area contributed by atoms with Gasteiger partial charge in [0.15, 0.2) is 0 Å². The standard InChI is InChI=1S/C15H15BrF3N3/c1-9-6-14(7-9,13-21-20-8-22(13)2)10-3-11(15(17,18)19)5-12(16)4-10/h3-5,8-9H,6-7H2,1-2H3. The molecule has 0 radical (unpaired) electrons. The van der Waals surface area contributed by atoms with Gasteiger partial charge in [-0.3, -0.25) is 0 Å². The van der Waals surface area contributed by atoms with Crippen LogP contribution in [0.4, 0.5) is 13.2 Å². The quantitative estimate of drug-likeness (QED) is 0.784. The fraction of sp³-hybridized carbons (Fsp3) is 0.467. The molecule has 1 heterocycles. The highest BCUT2D eigenvalue weighted by atomic mass is 79.9. The van der Waals surface area contributed by atoms with Gasteiger partial charge >= 0.3 is 6.18 Å². The fourth-order valence-electron chi connectivity index (χ4n) is 3.42. The summed E-state index contributed by atoms with van der Waals surface area (Å²) in [5.74, 6) is 1.17. The first-order valence-corrected chi connectivity index (χ1v) is 7.74. The molecule has 1 fully saturated rings. The zero-order valence-corrected chi connectivity index (χ0v) is 13.7. The third-order valence-corrected chi connectivity index (χ3v) is 4.77. The lowest BCUT2D eigenvalue weighted by molar-refractivity contribution is -0.137. The van der Waals surface area contributed by atoms with Crippen LogP contribution in [0.25, 0.3) is 0 Å². The van der Waals surface area contributed by atoms with Crippen LogP contribution in [-0.4, -0.2) is 14.8 Å². The van der Waals surface area contributed by atoms with Gasteiger partial charge in [-0.25, -0.2) is 0 Å². The summed E-state index contributed by atoms with van der Waals surface area (Å²) in [4.78, 5) is 0. The van der Waals surface area contributed by atoms with Crippen molar-refractivity contribution in [1.29, 1.82) is 0 Å². The van der Waals surface area contributed by atoms with Gasteiger partial charge in [0.25, 0.3) is 0 Å². The van der Waals surface area contributed by atoms with Gasteiger partial charge in [-0.15, -0.1) is 10.2 Å². The zero-order valence-electron chi connectivity index (χ0n) is 12.2. The number of benzene rings is 1. The molecule has 0 unspecified atom stereocenters. The SMILES string of the molecule is CC1CC(c2cc(Br)cc(C(F)(F)F)c2)(c2nncn2C)C1. The second-order valence-corrected chi connectivity index (χ2v) is 7.00. The number of aromatic nitrogens is 3. The highest BCUT2D eigenvalue weighted by Crippen LogP contribution is 2.52. The van der Waals surface area contributed by atoms with Crippen LogP contribution in [0.3, 0.4) is 0 Å². The lowest BCUT2D eigenvalue weighted by Gasteiger charge is -2.46. The second-order valence-electron chi connectivity index (χ2n) is 6.09. The molecule has 2 aromatic rings. The number of nitrogens with zero attached hydrogens (tertiary/aromatic N) is 3. The summed E-state index contributed by atoms with van der Waals surface area (Å²) in [6.45, 7) is 2.09. The van der Waals surface area contributed by atoms with E-state index in [2.05, 4.69) is 33.1 Å². The van der Waals surface area contributed by atoms with E-state index in [0.29, 0.717) is 16.0 Å². The molecule has 1 aromatic heterocycles. The van der Waals surface area contributed by atoms with Crippen molar-refractivity contribution >= 4 is 15.9 Å². The maximum absolute atomic E-state index is 13.1. The monoisotopic (exact) mass is 373 g/mol. The summed E-state index contributed by atoms with van der Waals surface area (Å²) < 4.78 is 41.5. The Hall–Kier alpha value is -1.37. The predicted molar refractivity (Wildman–Crippen MR) is 79.3 cm³/mol. The van der Waals surface area contributed by atoms with Crippen LogP contribution in [0.15, 0.2) is 29.0 Å². The van der Waals surface area contributed by atoms with Gasteiger partial charge in [-0.2, -0.15) is 13.2 Å². The molecule has 0 atom stereocenters. The Bertz CT molecular complexity index is 702. The molecule has 1 aliphatic carbocycles. The van der Waals surface area contributed by atoms with E-state index in [0.717, 1.165) is 24.7 Å². The van der Waals surface area contributed by atoms with Crippen LogP contribution in [0.1, 0.15) is 36.7 Å². The molecule has 1 aromatic carbocycles. The van der Waals surface area contributed by atoms with E-state index in [1.807, 2.05) is 7.05 Å². The molecule has 118 valence electrons. The summed E-state index contributed by atoms with van der Waals surface area (Å²) in [6.07, 6.45) is -1.24. The van der Waals surface area contributed by atoms with E-state index < -0.39 is 17.2 Å². The summed E-state index contributed by atoms with van der Waals surface area (Å²) in [5, 5.41) is 8.05. The van der Waals surface area contributed by atoms with Crippen molar-refractivity contribution in [3.05, 3.63) is 46.0 Å². The predicted octanol–water partition coefficient (Wildman–Crippen LogP) is 4.31. The molecule has 22 heavy (non-hydrogen) atoms. The van der Waals surface area contributed by atoms with Gasteiger partial charge in [-0.05, 0) is 42.5 Å². The number of rotatable bonds is 2. The Morgan fingerprint density at radius 3 is 2.45 bits per heavy atom. The third kappa shape index (κ3) is 2.45. The van der Waals surface area contributed by atoms with Crippen molar-refractivity contribution in [2.75, 3.05) is 0 Å². The van der Waals surface area contributed by atoms with Crippen molar-refractivity contribution in [3.8, 4) is 0 Å². The molecule has 7 heteroatoms. The topological polar surface area (TPSA) is 30.7 Å². The maximum Gasteiger partial charge on any atom is 0.416 e. The van der Waals surface area contributed by atoms with Gasteiger partial charge in [0.05, 0.1) is 11.0 Å². The second kappa shape index (κ2) is 5.08. The van der Waals surface area contributed by atoms with Crippen LogP contribution in [0.5, 0.6) is 0 Å². The number of hydrogen-bond donors (Lipinski definition) is 0. The van der Waals surface area contributed by atoms with Crippen LogP contribution in [0, 0.1) is 5.92 Å². The first-order valence-electron chi connectivity index (χ1n) is 6.95. The summed E-state index contributed by atoms with van der Waals surface area (Å²) >= 11 is 3.21. The molecular formula is C15H15BrF3N3. The molecule has 0 bridgehead atoms. The Kier molecular flexibility index (Phi) is 3.58. The van der Waals surface area contributed by atoms with Gasteiger partial charge in [0.2, 0.25) is 0 Å². The van der Waals surface area contributed by atoms with E-state index in [1.165, 1.54) is 6.07 Å². The van der Waals surface area contributed by atoms with E-state index in [4.69, 9.17) is 0 Å². The van der Waals surface area contributed by atoms with Crippen molar-refractivity contribution < 1.29 is 13.2 Å². The van der Waals surface area contributed by atoms with Crippen LogP contribution in [0.2, 0.25) is 0 Å². The van der Waals surface area contributed by atoms with E-state index in [9.17, 15) is 13.2 Å². The van der Waals surface area contributed by atoms with Gasteiger partial charge in [0, 0.05) is 11.5 Å². The Morgan fingerprint density at radius 1 is 1.27 bits per heavy atom. The molecule has 0 N–H and O–H groups in total. The molecule has 0 amide bonds. The summed E-state index contributed by atoms with van der Waals surface area (Å²) in [6, 6.07) is 4.11. The molecular weight excluding hydrogens is 359 g/mol. The van der Waals surface area contributed by atoms with Crippen LogP contribution >= 0.6 is 15.9 Å². The molecule has 3 nitrogen and oxygen atoms in total. The Morgan fingerprint density at radius 2 is 1.95 bits per heavy atom. The highest BCUT2D eigenvalue weighted by molar-refractivity contribution is 9.10. The third-order valence-electron chi connectivity index (χ3n) is 4.31. The minimum absolute atomic E-state index is 0.429. The molecule has 3 rings (SSSR count). The smallest absolute Gasteiger partial charge is 0.320 e. The van der Waals surface area contributed by atoms with Crippen molar-refractivity contribution in [3.63, 3.8) is 0 Å². The molecule has 1 saturated carbocycles. The van der Waals surface area contributed by atoms with Crippen molar-refractivity contribution in [2.45, 2.75) is 31.4 Å². The van der Waals surface area contributed by atoms with Crippen LogP contribution in [-0.2, 0) is 18.6 Å². The van der Waals surface area contributed by atoms with Crippen molar-refractivity contribution in [2.24, 2.45) is 13.0 Å². The van der Waals surface area contributed by atoms with E-state index in [1.54, 1.807) is 17.0 Å². The summed E-state index contributed by atoms with van der Waals surface area (Å²) in [7, 11) is 1.82. The fourth-order valence-corrected chi connectivity index (χ4v) is 3.92. The normalized spacial score (nSPS) is 25.1. The lowest BCUT2D eigenvalue weighted by Crippen LogP contribution is -2.43. The van der Waals surface area contributed by atoms with Gasteiger partial charge < -0.3 is 4.57 Å². The molecule has 1 aliphatic rings. The highest BCUT2D eigenvalue weighted by Gasteiger charge is 2.49. The van der Waals surface area contributed by atoms with Crippen LogP contribution < -0.4 is 0 Å². The average molecular weight is 374 g/mol. The molecule has 0 saturated heterocycles. The Balaban J connectivity index is 2.15. The number of hydrogen-bond acceptors (Lipinski definition) is 2. The first-order chi connectivity index (χ1) is 10.2. The number of alkyl halides is 3. The van der Waals surface area contributed by atoms with E-state index >= 15 is 0 Å². The summed E-state index contributed by atoms with van der Waals surface area (Å²) in [5.41, 5.74) is -0.490. The number of aryl methyl sites for hydroxylation is 1. The van der Waals surface area contributed by atoms with Gasteiger partial charge in [0.1, 0.15) is 12.2 Å². The van der Waals surface area contributed by atoms with E-state index in [-0.39, 0.29) is 0 Å². The number of halogens is 4. The maximum atomic E-state index is 13.1. The lowest BCUT2D eigenvalue weighted by atomic mass is 9.58. The Labute approximate surface area is 134 Å².